The van der Waals surface area contributed by atoms with E-state index < -0.39 is 11.6 Å². The Hall–Kier alpha value is -2.67. The van der Waals surface area contributed by atoms with E-state index in [0.29, 0.717) is 24.7 Å². The second-order valence-electron chi connectivity index (χ2n) is 9.59. The fourth-order valence-electron chi connectivity index (χ4n) is 4.94. The van der Waals surface area contributed by atoms with Gasteiger partial charge >= 0.3 is 6.03 Å². The molecule has 6 nitrogen and oxygen atoms in total. The SMILES string of the molecule is CCC1CCC2(CC1)NC(=O)N(CC(=O)NC(c1ccc(C(C)C)cc1)c1cccs1)C2=O. The second-order valence-corrected chi connectivity index (χ2v) is 10.6. The molecule has 7 heteroatoms. The zero-order valence-electron chi connectivity index (χ0n) is 19.6. The van der Waals surface area contributed by atoms with E-state index in [2.05, 4.69) is 43.5 Å². The monoisotopic (exact) mass is 467 g/mol. The number of nitrogens with zero attached hydrogens (tertiary/aromatic N) is 1. The van der Waals surface area contributed by atoms with Gasteiger partial charge in [0.05, 0.1) is 6.04 Å². The van der Waals surface area contributed by atoms with Crippen LogP contribution in [0.2, 0.25) is 0 Å². The molecule has 1 unspecified atom stereocenters. The molecule has 1 aliphatic heterocycles. The zero-order chi connectivity index (χ0) is 23.6. The van der Waals surface area contributed by atoms with Gasteiger partial charge in [-0.15, -0.1) is 11.3 Å². The number of carbonyl (C=O) groups excluding carboxylic acids is 3. The van der Waals surface area contributed by atoms with Crippen LogP contribution >= 0.6 is 11.3 Å². The Morgan fingerprint density at radius 2 is 1.82 bits per heavy atom. The number of thiophene rings is 1. The highest BCUT2D eigenvalue weighted by atomic mass is 32.1. The normalized spacial score (nSPS) is 23.8. The van der Waals surface area contributed by atoms with E-state index >= 15 is 0 Å². The molecule has 1 saturated heterocycles. The molecule has 2 N–H and O–H groups in total. The van der Waals surface area contributed by atoms with Crippen molar-refractivity contribution in [2.75, 3.05) is 6.54 Å². The fraction of sp³-hybridized carbons (Fsp3) is 0.500. The summed E-state index contributed by atoms with van der Waals surface area (Å²) >= 11 is 1.57. The molecule has 2 heterocycles. The van der Waals surface area contributed by atoms with E-state index in [1.165, 1.54) is 5.56 Å². The van der Waals surface area contributed by atoms with Crippen LogP contribution in [0.4, 0.5) is 4.79 Å². The number of carbonyl (C=O) groups is 3. The lowest BCUT2D eigenvalue weighted by molar-refractivity contribution is -0.136. The molecule has 176 valence electrons. The summed E-state index contributed by atoms with van der Waals surface area (Å²) in [6.45, 7) is 6.19. The van der Waals surface area contributed by atoms with Gasteiger partial charge < -0.3 is 10.6 Å². The van der Waals surface area contributed by atoms with Crippen molar-refractivity contribution in [2.45, 2.75) is 70.4 Å². The number of nitrogens with one attached hydrogen (secondary N) is 2. The highest BCUT2D eigenvalue weighted by Gasteiger charge is 2.52. The summed E-state index contributed by atoms with van der Waals surface area (Å²) in [5, 5.41) is 7.94. The molecule has 1 aliphatic carbocycles. The van der Waals surface area contributed by atoms with Gasteiger partial charge in [-0.3, -0.25) is 14.5 Å². The molecule has 2 aromatic rings. The third-order valence-corrected chi connectivity index (χ3v) is 8.09. The van der Waals surface area contributed by atoms with Crippen LogP contribution in [0, 0.1) is 5.92 Å². The molecule has 2 aliphatic rings. The standard InChI is InChI=1S/C26H33N3O3S/c1-4-18-11-13-26(14-12-18)24(31)29(25(32)28-26)16-22(30)27-23(21-6-5-15-33-21)20-9-7-19(8-10-20)17(2)3/h5-10,15,17-18,23H,4,11-14,16H2,1-3H3,(H,27,30)(H,28,32). The number of hydrogen-bond donors (Lipinski definition) is 2. The summed E-state index contributed by atoms with van der Waals surface area (Å²) in [5.41, 5.74) is 1.38. The molecule has 1 saturated carbocycles. The smallest absolute Gasteiger partial charge is 0.325 e. The van der Waals surface area contributed by atoms with Gasteiger partial charge in [-0.05, 0) is 60.1 Å². The van der Waals surface area contributed by atoms with Crippen molar-refractivity contribution in [1.29, 1.82) is 0 Å². The maximum Gasteiger partial charge on any atom is 0.325 e. The average Bonchev–Trinajstić information content (AvgIpc) is 3.42. The van der Waals surface area contributed by atoms with Gasteiger partial charge in [0.25, 0.3) is 5.91 Å². The molecule has 4 amide bonds. The number of imide groups is 1. The van der Waals surface area contributed by atoms with Crippen molar-refractivity contribution in [1.82, 2.24) is 15.5 Å². The van der Waals surface area contributed by atoms with Crippen LogP contribution in [-0.2, 0) is 9.59 Å². The number of benzene rings is 1. The van der Waals surface area contributed by atoms with Crippen LogP contribution in [0.25, 0.3) is 0 Å². The van der Waals surface area contributed by atoms with Crippen molar-refractivity contribution in [3.8, 4) is 0 Å². The van der Waals surface area contributed by atoms with E-state index in [4.69, 9.17) is 0 Å². The first-order valence-electron chi connectivity index (χ1n) is 11.9. The highest BCUT2D eigenvalue weighted by Crippen LogP contribution is 2.37. The van der Waals surface area contributed by atoms with Crippen molar-refractivity contribution in [3.63, 3.8) is 0 Å². The second kappa shape index (κ2) is 9.67. The van der Waals surface area contributed by atoms with Gasteiger partial charge in [0, 0.05) is 4.88 Å². The quantitative estimate of drug-likeness (QED) is 0.565. The van der Waals surface area contributed by atoms with E-state index in [1.807, 2.05) is 29.6 Å². The van der Waals surface area contributed by atoms with E-state index in [9.17, 15) is 14.4 Å². The Morgan fingerprint density at radius 1 is 1.15 bits per heavy atom. The third-order valence-electron chi connectivity index (χ3n) is 7.15. The van der Waals surface area contributed by atoms with Crippen LogP contribution in [0.15, 0.2) is 41.8 Å². The van der Waals surface area contributed by atoms with Gasteiger partial charge in [-0.25, -0.2) is 4.79 Å². The maximum atomic E-state index is 13.2. The first kappa shape index (κ1) is 23.5. The van der Waals surface area contributed by atoms with Crippen LogP contribution < -0.4 is 10.6 Å². The van der Waals surface area contributed by atoms with Gasteiger partial charge in [0.15, 0.2) is 0 Å². The van der Waals surface area contributed by atoms with Gasteiger partial charge in [0.1, 0.15) is 12.1 Å². The van der Waals surface area contributed by atoms with E-state index in [0.717, 1.165) is 34.6 Å². The molecule has 1 aromatic carbocycles. The lowest BCUT2D eigenvalue weighted by Crippen LogP contribution is -2.50. The molecule has 1 spiro atoms. The molecular weight excluding hydrogens is 434 g/mol. The van der Waals surface area contributed by atoms with Crippen molar-refractivity contribution in [2.24, 2.45) is 5.92 Å². The van der Waals surface area contributed by atoms with Crippen molar-refractivity contribution >= 4 is 29.2 Å². The summed E-state index contributed by atoms with van der Waals surface area (Å²) in [6.07, 6.45) is 4.24. The molecule has 0 bridgehead atoms. The van der Waals surface area contributed by atoms with Crippen LogP contribution in [0.3, 0.4) is 0 Å². The minimum absolute atomic E-state index is 0.258. The number of urea groups is 1. The molecule has 0 radical (unpaired) electrons. The zero-order valence-corrected chi connectivity index (χ0v) is 20.4. The Labute approximate surface area is 199 Å². The lowest BCUT2D eigenvalue weighted by Gasteiger charge is -2.34. The van der Waals surface area contributed by atoms with Gasteiger partial charge in [-0.1, -0.05) is 57.5 Å². The van der Waals surface area contributed by atoms with Crippen molar-refractivity contribution < 1.29 is 14.4 Å². The molecule has 1 atom stereocenters. The average molecular weight is 468 g/mol. The van der Waals surface area contributed by atoms with Gasteiger partial charge in [0.2, 0.25) is 5.91 Å². The predicted molar refractivity (Wildman–Crippen MR) is 130 cm³/mol. The van der Waals surface area contributed by atoms with E-state index in [-0.39, 0.29) is 24.4 Å². The number of rotatable bonds is 7. The molecular formula is C26H33N3O3S. The predicted octanol–water partition coefficient (Wildman–Crippen LogP) is 4.97. The van der Waals surface area contributed by atoms with Crippen LogP contribution in [-0.4, -0.2) is 34.8 Å². The summed E-state index contributed by atoms with van der Waals surface area (Å²) in [5.74, 6) is 0.426. The summed E-state index contributed by atoms with van der Waals surface area (Å²) in [4.78, 5) is 41.0. The first-order chi connectivity index (χ1) is 15.8. The molecule has 2 fully saturated rings. The first-order valence-corrected chi connectivity index (χ1v) is 12.8. The van der Waals surface area contributed by atoms with Crippen LogP contribution in [0.1, 0.15) is 80.8 Å². The number of hydrogen-bond acceptors (Lipinski definition) is 4. The van der Waals surface area contributed by atoms with Gasteiger partial charge in [-0.2, -0.15) is 0 Å². The van der Waals surface area contributed by atoms with E-state index in [1.54, 1.807) is 11.3 Å². The molecule has 1 aromatic heterocycles. The lowest BCUT2D eigenvalue weighted by atomic mass is 9.75. The van der Waals surface area contributed by atoms with Crippen LogP contribution in [0.5, 0.6) is 0 Å². The third kappa shape index (κ3) is 4.83. The Morgan fingerprint density at radius 3 is 2.39 bits per heavy atom. The summed E-state index contributed by atoms with van der Waals surface area (Å²) in [6, 6.07) is 11.4. The summed E-state index contributed by atoms with van der Waals surface area (Å²) < 4.78 is 0. The molecule has 4 rings (SSSR count). The Balaban J connectivity index is 1.47. The minimum Gasteiger partial charge on any atom is -0.343 e. The topological polar surface area (TPSA) is 78.5 Å². The summed E-state index contributed by atoms with van der Waals surface area (Å²) in [7, 11) is 0. The molecule has 33 heavy (non-hydrogen) atoms. The Kier molecular flexibility index (Phi) is 6.88. The maximum absolute atomic E-state index is 13.2. The number of amides is 4. The minimum atomic E-state index is -0.830. The fourth-order valence-corrected chi connectivity index (χ4v) is 5.74. The highest BCUT2D eigenvalue weighted by molar-refractivity contribution is 7.10. The largest absolute Gasteiger partial charge is 0.343 e. The Bertz CT molecular complexity index is 992. The van der Waals surface area contributed by atoms with Crippen molar-refractivity contribution in [3.05, 3.63) is 57.8 Å².